The fraction of sp³-hybridized carbons (Fsp3) is 0.333. The molecular formula is C9H14Cl3O3PSSi. The Morgan fingerprint density at radius 1 is 1.17 bits per heavy atom. The summed E-state index contributed by atoms with van der Waals surface area (Å²) in [6.07, 6.45) is 0. The molecule has 0 spiro atoms. The van der Waals surface area contributed by atoms with Crippen molar-refractivity contribution in [3.05, 3.63) is 27.2 Å². The van der Waals surface area contributed by atoms with Crippen molar-refractivity contribution >= 4 is 64.3 Å². The minimum Gasteiger partial charge on any atom is -0.422 e. The minimum atomic E-state index is -2.84. The van der Waals surface area contributed by atoms with Crippen molar-refractivity contribution in [2.75, 3.05) is 13.7 Å². The molecule has 104 valence electrons. The largest absolute Gasteiger partial charge is 0.422 e. The van der Waals surface area contributed by atoms with Gasteiger partial charge in [-0.2, -0.15) is 0 Å². The number of hydrogen-bond donors (Lipinski definition) is 0. The molecule has 1 unspecified atom stereocenters. The van der Waals surface area contributed by atoms with E-state index in [9.17, 15) is 0 Å². The van der Waals surface area contributed by atoms with Crippen LogP contribution in [-0.4, -0.2) is 24.7 Å². The van der Waals surface area contributed by atoms with Crippen LogP contribution in [0, 0.1) is 0 Å². The smallest absolute Gasteiger partial charge is 0.380 e. The second-order valence-electron chi connectivity index (χ2n) is 2.84. The fourth-order valence-electron chi connectivity index (χ4n) is 0.969. The van der Waals surface area contributed by atoms with Crippen molar-refractivity contribution in [3.63, 3.8) is 0 Å². The first-order chi connectivity index (χ1) is 7.91. The summed E-state index contributed by atoms with van der Waals surface area (Å²) in [6, 6.07) is 2.95. The Bertz CT molecular complexity index is 461. The molecule has 18 heavy (non-hydrogen) atoms. The summed E-state index contributed by atoms with van der Waals surface area (Å²) < 4.78 is 15.8. The van der Waals surface area contributed by atoms with Gasteiger partial charge in [-0.3, -0.25) is 4.52 Å². The summed E-state index contributed by atoms with van der Waals surface area (Å²) in [5, 5.41) is 0.955. The second kappa shape index (κ2) is 8.07. The van der Waals surface area contributed by atoms with Crippen LogP contribution in [0.1, 0.15) is 6.92 Å². The van der Waals surface area contributed by atoms with E-state index in [0.29, 0.717) is 27.4 Å². The van der Waals surface area contributed by atoms with E-state index in [2.05, 4.69) is 0 Å². The maximum absolute atomic E-state index is 5.96. The molecule has 0 aliphatic carbocycles. The van der Waals surface area contributed by atoms with Gasteiger partial charge in [0.25, 0.3) is 0 Å². The zero-order chi connectivity index (χ0) is 13.1. The Kier molecular flexibility index (Phi) is 8.38. The third-order valence-corrected chi connectivity index (χ3v) is 5.14. The Labute approximate surface area is 131 Å². The molecular weight excluding hydrogens is 354 g/mol. The van der Waals surface area contributed by atoms with E-state index in [1.165, 1.54) is 19.2 Å². The summed E-state index contributed by atoms with van der Waals surface area (Å²) >= 11 is 22.7. The lowest BCUT2D eigenvalue weighted by molar-refractivity contribution is 0.242. The van der Waals surface area contributed by atoms with Gasteiger partial charge in [0.2, 0.25) is 0 Å². The highest BCUT2D eigenvalue weighted by Crippen LogP contribution is 2.51. The molecule has 0 fully saturated rings. The van der Waals surface area contributed by atoms with Crippen molar-refractivity contribution in [1.82, 2.24) is 0 Å². The lowest BCUT2D eigenvalue weighted by Crippen LogP contribution is -2.00. The predicted octanol–water partition coefficient (Wildman–Crippen LogP) is 3.48. The molecule has 1 aromatic carbocycles. The predicted molar refractivity (Wildman–Crippen MR) is 86.4 cm³/mol. The lowest BCUT2D eigenvalue weighted by Gasteiger charge is -2.20. The molecule has 9 heteroatoms. The highest BCUT2D eigenvalue weighted by atomic mass is 35.5. The Hall–Kier alpha value is 0.677. The van der Waals surface area contributed by atoms with E-state index in [1.54, 1.807) is 6.92 Å². The highest BCUT2D eigenvalue weighted by Gasteiger charge is 2.22. The third kappa shape index (κ3) is 4.98. The van der Waals surface area contributed by atoms with Gasteiger partial charge in [-0.05, 0) is 24.0 Å². The van der Waals surface area contributed by atoms with Gasteiger partial charge >= 0.3 is 6.72 Å². The topological polar surface area (TPSA) is 27.7 Å². The van der Waals surface area contributed by atoms with Crippen LogP contribution in [0.3, 0.4) is 0 Å². The van der Waals surface area contributed by atoms with Gasteiger partial charge in [0.1, 0.15) is 5.75 Å². The lowest BCUT2D eigenvalue weighted by atomic mass is 10.3. The van der Waals surface area contributed by atoms with Crippen molar-refractivity contribution in [2.24, 2.45) is 0 Å². The molecule has 0 radical (unpaired) electrons. The third-order valence-electron chi connectivity index (χ3n) is 1.70. The van der Waals surface area contributed by atoms with Crippen LogP contribution >= 0.6 is 41.5 Å². The van der Waals surface area contributed by atoms with Crippen LogP contribution in [-0.2, 0) is 20.9 Å². The first-order valence-corrected chi connectivity index (χ1v) is 8.25. The molecule has 1 rings (SSSR count). The summed E-state index contributed by atoms with van der Waals surface area (Å²) in [5.41, 5.74) is 0. The number of halogens is 3. The van der Waals surface area contributed by atoms with Crippen molar-refractivity contribution in [2.45, 2.75) is 6.92 Å². The van der Waals surface area contributed by atoms with Crippen molar-refractivity contribution in [3.8, 4) is 5.75 Å². The molecule has 0 aliphatic heterocycles. The zero-order valence-corrected chi connectivity index (χ0v) is 13.1. The summed E-state index contributed by atoms with van der Waals surface area (Å²) in [5.74, 6) is 0.291. The van der Waals surface area contributed by atoms with Gasteiger partial charge in [-0.15, -0.1) is 0 Å². The number of hydrogen-bond acceptors (Lipinski definition) is 4. The van der Waals surface area contributed by atoms with Crippen LogP contribution in [0.2, 0.25) is 15.1 Å². The molecule has 0 heterocycles. The molecule has 0 aromatic heterocycles. The maximum atomic E-state index is 5.96. The van der Waals surface area contributed by atoms with Crippen LogP contribution in [0.5, 0.6) is 5.75 Å². The van der Waals surface area contributed by atoms with E-state index in [0.717, 1.165) is 0 Å². The molecule has 0 N–H and O–H groups in total. The van der Waals surface area contributed by atoms with E-state index in [1.807, 2.05) is 0 Å². The van der Waals surface area contributed by atoms with Gasteiger partial charge in [0.05, 0.1) is 21.7 Å². The number of rotatable bonds is 5. The minimum absolute atomic E-state index is 0. The first kappa shape index (κ1) is 18.7. The van der Waals surface area contributed by atoms with Crippen molar-refractivity contribution in [1.29, 1.82) is 0 Å². The molecule has 0 aliphatic rings. The Morgan fingerprint density at radius 3 is 2.22 bits per heavy atom. The van der Waals surface area contributed by atoms with E-state index < -0.39 is 6.72 Å². The molecule has 0 saturated heterocycles. The molecule has 1 atom stereocenters. The van der Waals surface area contributed by atoms with Gasteiger partial charge in [0, 0.05) is 25.0 Å². The van der Waals surface area contributed by atoms with Gasteiger partial charge < -0.3 is 9.05 Å². The summed E-state index contributed by atoms with van der Waals surface area (Å²) in [6.45, 7) is -0.666. The average molecular weight is 368 g/mol. The van der Waals surface area contributed by atoms with Crippen molar-refractivity contribution < 1.29 is 13.6 Å². The molecule has 0 amide bonds. The van der Waals surface area contributed by atoms with E-state index in [4.69, 9.17) is 60.2 Å². The van der Waals surface area contributed by atoms with Gasteiger partial charge in [0.15, 0.2) is 0 Å². The summed E-state index contributed by atoms with van der Waals surface area (Å²) in [4.78, 5) is 0. The fourth-order valence-corrected chi connectivity index (χ4v) is 3.10. The quantitative estimate of drug-likeness (QED) is 0.452. The molecule has 3 nitrogen and oxygen atoms in total. The summed E-state index contributed by atoms with van der Waals surface area (Å²) in [7, 11) is 1.42. The van der Waals surface area contributed by atoms with Crippen LogP contribution in [0.15, 0.2) is 12.1 Å². The Morgan fingerprint density at radius 2 is 1.72 bits per heavy atom. The van der Waals surface area contributed by atoms with E-state index >= 15 is 0 Å². The SMILES string of the molecule is CCOP(=S)(OC)Oc1cc(Cl)c(Cl)cc1Cl.[SiH4]. The normalized spacial score (nSPS) is 13.6. The molecule has 1 aromatic rings. The standard InChI is InChI=1S/C9H10Cl3O3PS.H4Si/c1-3-14-16(17,13-2)15-9-5-7(11)6(10)4-8(9)12;/h4-5H,3H2,1-2H3;1H4. The monoisotopic (exact) mass is 366 g/mol. The van der Waals surface area contributed by atoms with E-state index in [-0.39, 0.29) is 11.0 Å². The number of benzene rings is 1. The second-order valence-corrected chi connectivity index (χ2v) is 7.10. The molecule has 0 saturated carbocycles. The van der Waals surface area contributed by atoms with Crippen LogP contribution in [0.25, 0.3) is 0 Å². The molecule has 0 bridgehead atoms. The Balaban J connectivity index is 0.00000289. The van der Waals surface area contributed by atoms with Gasteiger partial charge in [-0.1, -0.05) is 34.8 Å². The van der Waals surface area contributed by atoms with Gasteiger partial charge in [-0.25, -0.2) is 0 Å². The van der Waals surface area contributed by atoms with Crippen LogP contribution in [0.4, 0.5) is 0 Å². The van der Waals surface area contributed by atoms with Crippen LogP contribution < -0.4 is 4.52 Å². The highest BCUT2D eigenvalue weighted by molar-refractivity contribution is 8.07. The first-order valence-electron chi connectivity index (χ1n) is 4.56. The maximum Gasteiger partial charge on any atom is 0.380 e. The zero-order valence-electron chi connectivity index (χ0n) is 9.08. The average Bonchev–Trinajstić information content (AvgIpc) is 2.26.